The van der Waals surface area contributed by atoms with Crippen molar-refractivity contribution in [1.82, 2.24) is 15.3 Å². The first-order valence-corrected chi connectivity index (χ1v) is 10.4. The number of fused-ring (bicyclic) bond motifs is 1. The van der Waals surface area contributed by atoms with Crippen LogP contribution in [0.3, 0.4) is 0 Å². The zero-order valence-electron chi connectivity index (χ0n) is 17.4. The largest absolute Gasteiger partial charge is 0.387 e. The highest BCUT2D eigenvalue weighted by atomic mass is 16.5. The van der Waals surface area contributed by atoms with E-state index in [9.17, 15) is 4.79 Å². The quantitative estimate of drug-likeness (QED) is 0.579. The molecule has 1 fully saturated rings. The van der Waals surface area contributed by atoms with Gasteiger partial charge in [-0.25, -0.2) is 0 Å². The Kier molecular flexibility index (Phi) is 5.59. The lowest BCUT2D eigenvalue weighted by Gasteiger charge is -2.44. The van der Waals surface area contributed by atoms with Crippen molar-refractivity contribution < 1.29 is 9.53 Å². The minimum Gasteiger partial charge on any atom is -0.387 e. The molecule has 1 saturated carbocycles. The highest BCUT2D eigenvalue weighted by Gasteiger charge is 2.44. The molecule has 0 radical (unpaired) electrons. The summed E-state index contributed by atoms with van der Waals surface area (Å²) in [5.74, 6) is -0.282. The molecule has 1 aromatic carbocycles. The van der Waals surface area contributed by atoms with Crippen LogP contribution in [0.5, 0.6) is 0 Å². The number of nitrogens with one attached hydrogen (secondary N) is 2. The van der Waals surface area contributed by atoms with Crippen LogP contribution in [0.1, 0.15) is 47.8 Å². The summed E-state index contributed by atoms with van der Waals surface area (Å²) in [6, 6.07) is 12.0. The first-order chi connectivity index (χ1) is 14.6. The number of carbonyl (C=O) groups excluding carboxylic acids is 1. The van der Waals surface area contributed by atoms with Gasteiger partial charge < -0.3 is 20.8 Å². The lowest BCUT2D eigenvalue weighted by atomic mass is 9.69. The predicted molar refractivity (Wildman–Crippen MR) is 118 cm³/mol. The number of primary amides is 1. The molecule has 4 rings (SSSR count). The number of H-pyrrole nitrogens is 1. The van der Waals surface area contributed by atoms with Gasteiger partial charge in [0.15, 0.2) is 0 Å². The normalized spacial score (nSPS) is 23.0. The summed E-state index contributed by atoms with van der Waals surface area (Å²) < 4.78 is 6.19. The van der Waals surface area contributed by atoms with E-state index < -0.39 is 11.5 Å². The minimum atomic E-state index is -0.612. The summed E-state index contributed by atoms with van der Waals surface area (Å²) >= 11 is 0. The van der Waals surface area contributed by atoms with E-state index in [0.29, 0.717) is 6.54 Å². The molecule has 0 saturated heterocycles. The molecule has 2 unspecified atom stereocenters. The number of amides is 1. The number of carbonyl (C=O) groups is 1. The van der Waals surface area contributed by atoms with Crippen LogP contribution in [0.25, 0.3) is 10.9 Å². The number of benzene rings is 1. The first-order valence-electron chi connectivity index (χ1n) is 10.4. The van der Waals surface area contributed by atoms with Crippen molar-refractivity contribution in [3.05, 3.63) is 77.4 Å². The fourth-order valence-corrected chi connectivity index (χ4v) is 4.76. The molecule has 1 aliphatic carbocycles. The van der Waals surface area contributed by atoms with Crippen molar-refractivity contribution in [1.29, 1.82) is 0 Å². The number of rotatable bonds is 6. The highest BCUT2D eigenvalue weighted by molar-refractivity contribution is 5.90. The van der Waals surface area contributed by atoms with Gasteiger partial charge in [0.2, 0.25) is 0 Å². The van der Waals surface area contributed by atoms with E-state index in [0.717, 1.165) is 30.3 Å². The molecule has 0 spiro atoms. The molecule has 2 atom stereocenters. The third-order valence-corrected chi connectivity index (χ3v) is 6.26. The number of ether oxygens (including phenoxy) is 1. The Morgan fingerprint density at radius 2 is 2.23 bits per heavy atom. The Balaban J connectivity index is 1.66. The number of methoxy groups -OCH3 is 1. The lowest BCUT2D eigenvalue weighted by molar-refractivity contribution is -0.0434. The third kappa shape index (κ3) is 3.48. The maximum atomic E-state index is 11.7. The molecule has 6 nitrogen and oxygen atoms in total. The van der Waals surface area contributed by atoms with E-state index in [1.54, 1.807) is 19.4 Å². The van der Waals surface area contributed by atoms with Crippen LogP contribution in [0, 0.1) is 5.92 Å². The zero-order valence-corrected chi connectivity index (χ0v) is 17.4. The van der Waals surface area contributed by atoms with Gasteiger partial charge in [0.25, 0.3) is 5.91 Å². The van der Waals surface area contributed by atoms with Crippen LogP contribution in [-0.4, -0.2) is 23.0 Å². The molecule has 6 heteroatoms. The van der Waals surface area contributed by atoms with E-state index >= 15 is 0 Å². The SMILES string of the molecule is COC1(c2ccnc(C(N)=O)c2)/C(=C\NCc2c[nH]c3ccccc23)CCCC1C. The summed E-state index contributed by atoms with van der Waals surface area (Å²) in [4.78, 5) is 19.1. The van der Waals surface area contributed by atoms with Crippen LogP contribution in [0.15, 0.2) is 60.6 Å². The van der Waals surface area contributed by atoms with Crippen LogP contribution in [-0.2, 0) is 16.9 Å². The molecule has 1 aliphatic rings. The minimum absolute atomic E-state index is 0.250. The van der Waals surface area contributed by atoms with E-state index in [4.69, 9.17) is 10.5 Å². The summed E-state index contributed by atoms with van der Waals surface area (Å²) in [5, 5.41) is 4.72. The van der Waals surface area contributed by atoms with Crippen molar-refractivity contribution in [3.8, 4) is 0 Å². The van der Waals surface area contributed by atoms with Crippen LogP contribution in [0.2, 0.25) is 0 Å². The van der Waals surface area contributed by atoms with Gasteiger partial charge in [-0.2, -0.15) is 0 Å². The van der Waals surface area contributed by atoms with E-state index in [2.05, 4.69) is 46.6 Å². The number of aromatic amines is 1. The third-order valence-electron chi connectivity index (χ3n) is 6.26. The number of pyridine rings is 1. The van der Waals surface area contributed by atoms with Gasteiger partial charge >= 0.3 is 0 Å². The average molecular weight is 405 g/mol. The number of hydrogen-bond acceptors (Lipinski definition) is 4. The predicted octanol–water partition coefficient (Wildman–Crippen LogP) is 4.00. The highest BCUT2D eigenvalue weighted by Crippen LogP contribution is 2.47. The second-order valence-electron chi connectivity index (χ2n) is 7.94. The Bertz CT molecular complexity index is 1090. The molecule has 2 heterocycles. The monoisotopic (exact) mass is 404 g/mol. The molecular weight excluding hydrogens is 376 g/mol. The fourth-order valence-electron chi connectivity index (χ4n) is 4.76. The lowest BCUT2D eigenvalue weighted by Crippen LogP contribution is -2.41. The number of para-hydroxylation sites is 1. The molecule has 3 aromatic rings. The van der Waals surface area contributed by atoms with Crippen molar-refractivity contribution >= 4 is 16.8 Å². The summed E-state index contributed by atoms with van der Waals surface area (Å²) in [6.07, 6.45) is 8.83. The van der Waals surface area contributed by atoms with Crippen LogP contribution < -0.4 is 11.1 Å². The Labute approximate surface area is 176 Å². The van der Waals surface area contributed by atoms with Gasteiger partial charge in [-0.1, -0.05) is 25.1 Å². The second kappa shape index (κ2) is 8.32. The number of nitrogens with two attached hydrogens (primary N) is 1. The standard InChI is InChI=1S/C24H28N4O2/c1-16-6-5-7-19(15-26-13-17-14-28-21-9-4-3-8-20(17)21)24(16,30-2)18-10-11-27-22(12-18)23(25)29/h3-4,8-12,14-16,26,28H,5-7,13H2,1-2H3,(H2,25,29)/b19-15-. The second-order valence-corrected chi connectivity index (χ2v) is 7.94. The smallest absolute Gasteiger partial charge is 0.267 e. The van der Waals surface area contributed by atoms with E-state index in [-0.39, 0.29) is 11.6 Å². The Hall–Kier alpha value is -3.12. The van der Waals surface area contributed by atoms with Crippen molar-refractivity contribution in [2.75, 3.05) is 7.11 Å². The van der Waals surface area contributed by atoms with E-state index in [1.807, 2.05) is 18.3 Å². The summed E-state index contributed by atoms with van der Waals surface area (Å²) in [6.45, 7) is 2.91. The van der Waals surface area contributed by atoms with Gasteiger partial charge in [-0.3, -0.25) is 9.78 Å². The average Bonchev–Trinajstić information content (AvgIpc) is 3.17. The summed E-state index contributed by atoms with van der Waals surface area (Å²) in [7, 11) is 1.74. The Morgan fingerprint density at radius 1 is 1.40 bits per heavy atom. The maximum absolute atomic E-state index is 11.7. The van der Waals surface area contributed by atoms with Crippen LogP contribution >= 0.6 is 0 Å². The number of hydrogen-bond donors (Lipinski definition) is 3. The van der Waals surface area contributed by atoms with Gasteiger partial charge in [0, 0.05) is 37.0 Å². The molecule has 156 valence electrons. The fraction of sp³-hybridized carbons (Fsp3) is 0.333. The molecule has 2 aromatic heterocycles. The first kappa shape index (κ1) is 20.2. The van der Waals surface area contributed by atoms with E-state index in [1.165, 1.54) is 16.5 Å². The molecular formula is C24H28N4O2. The molecule has 0 aliphatic heterocycles. The Morgan fingerprint density at radius 3 is 3.03 bits per heavy atom. The van der Waals surface area contributed by atoms with Crippen molar-refractivity contribution in [3.63, 3.8) is 0 Å². The van der Waals surface area contributed by atoms with Gasteiger partial charge in [0.05, 0.1) is 0 Å². The zero-order chi connectivity index (χ0) is 21.1. The molecule has 4 N–H and O–H groups in total. The molecule has 1 amide bonds. The number of aromatic nitrogens is 2. The molecule has 30 heavy (non-hydrogen) atoms. The van der Waals surface area contributed by atoms with Gasteiger partial charge in [-0.15, -0.1) is 0 Å². The number of nitrogens with zero attached hydrogens (tertiary/aromatic N) is 1. The van der Waals surface area contributed by atoms with Crippen molar-refractivity contribution in [2.45, 2.75) is 38.3 Å². The topological polar surface area (TPSA) is 93.0 Å². The molecule has 0 bridgehead atoms. The van der Waals surface area contributed by atoms with Crippen molar-refractivity contribution in [2.24, 2.45) is 11.7 Å². The maximum Gasteiger partial charge on any atom is 0.267 e. The van der Waals surface area contributed by atoms with Crippen LogP contribution in [0.4, 0.5) is 0 Å². The van der Waals surface area contributed by atoms with Gasteiger partial charge in [0.1, 0.15) is 11.3 Å². The summed E-state index contributed by atoms with van der Waals surface area (Å²) in [5.41, 5.74) is 9.56. The van der Waals surface area contributed by atoms with Gasteiger partial charge in [-0.05, 0) is 66.3 Å².